The molecule has 7 nitrogen and oxygen atoms in total. The summed E-state index contributed by atoms with van der Waals surface area (Å²) in [5, 5.41) is 18.4. The molecule has 3 N–H and O–H groups in total. The van der Waals surface area contributed by atoms with Gasteiger partial charge >= 0.3 is 0 Å². The Bertz CT molecular complexity index is 442. The summed E-state index contributed by atoms with van der Waals surface area (Å²) in [7, 11) is 0. The number of hydrogen-bond acceptors (Lipinski definition) is 5. The molecule has 94 valence electrons. The Kier molecular flexibility index (Phi) is 9.36. The van der Waals surface area contributed by atoms with Gasteiger partial charge in [0.15, 0.2) is 0 Å². The maximum Gasteiger partial charge on any atom is 0.248 e. The quantitative estimate of drug-likeness (QED) is 0.441. The molecule has 0 aliphatic carbocycles. The van der Waals surface area contributed by atoms with Crippen LogP contribution in [0.15, 0.2) is 17.1 Å². The van der Waals surface area contributed by atoms with E-state index in [1.807, 2.05) is 0 Å². The van der Waals surface area contributed by atoms with Gasteiger partial charge < -0.3 is 25.7 Å². The van der Waals surface area contributed by atoms with Crippen molar-refractivity contribution in [3.05, 3.63) is 28.5 Å². The Morgan fingerprint density at radius 3 is 2.72 bits per heavy atom. The van der Waals surface area contributed by atoms with Crippen molar-refractivity contribution in [3.8, 4) is 0 Å². The summed E-state index contributed by atoms with van der Waals surface area (Å²) in [6, 6.07) is 1.36. The molecule has 2 rings (SSSR count). The Morgan fingerprint density at radius 2 is 2.22 bits per heavy atom. The molecule has 18 heavy (non-hydrogen) atoms. The van der Waals surface area contributed by atoms with E-state index in [1.165, 1.54) is 16.8 Å². The van der Waals surface area contributed by atoms with E-state index >= 15 is 0 Å². The first kappa shape index (κ1) is 19.4. The van der Waals surface area contributed by atoms with E-state index in [-0.39, 0.29) is 107 Å². The molecule has 1 aromatic rings. The molecule has 9 heteroatoms. The third-order valence-electron chi connectivity index (χ3n) is 2.52. The van der Waals surface area contributed by atoms with Crippen LogP contribution in [0.2, 0.25) is 0 Å². The van der Waals surface area contributed by atoms with E-state index in [4.69, 9.17) is 15.6 Å². The molecule has 1 aliphatic rings. The Hall–Kier alpha value is 1.44. The molecule has 0 spiro atoms. The predicted molar refractivity (Wildman–Crippen MR) is 54.1 cm³/mol. The van der Waals surface area contributed by atoms with Gasteiger partial charge in [-0.3, -0.25) is 9.36 Å². The third-order valence-corrected chi connectivity index (χ3v) is 2.52. The number of rotatable bonds is 2. The van der Waals surface area contributed by atoms with Crippen LogP contribution in [0.4, 0.5) is 5.82 Å². The van der Waals surface area contributed by atoms with Crippen LogP contribution in [0.25, 0.3) is 5.73 Å². The van der Waals surface area contributed by atoms with Crippen LogP contribution in [-0.4, -0.2) is 38.6 Å². The predicted octanol–water partition coefficient (Wildman–Crippen LogP) is -0.432. The Labute approximate surface area is 175 Å². The maximum absolute atomic E-state index is 11.4. The number of hydrogen-bond donors (Lipinski definition) is 2. The van der Waals surface area contributed by atoms with Crippen LogP contribution in [0.5, 0.6) is 0 Å². The molecule has 0 bridgehead atoms. The second-order valence-corrected chi connectivity index (χ2v) is 3.62. The number of ether oxygens (including phenoxy) is 1. The van der Waals surface area contributed by atoms with E-state index in [0.717, 1.165) is 0 Å². The number of nitrogens with one attached hydrogen (secondary N) is 1. The number of aliphatic hydroxyl groups excluding tert-OH is 2. The van der Waals surface area contributed by atoms with Gasteiger partial charge in [0.05, 0.1) is 12.7 Å². The summed E-state index contributed by atoms with van der Waals surface area (Å²) in [6.45, 7) is -0.295. The van der Waals surface area contributed by atoms with Crippen molar-refractivity contribution in [2.45, 2.75) is 24.9 Å². The minimum Gasteiger partial charge on any atom is -0.482 e. The van der Waals surface area contributed by atoms with Gasteiger partial charge in [0.1, 0.15) is 12.3 Å². The van der Waals surface area contributed by atoms with Crippen molar-refractivity contribution in [1.82, 2.24) is 9.55 Å². The minimum atomic E-state index is -0.794. The standard InChI is InChI=1S/C9H13N3O4.2Ac/c10-7-1-2-12(9(15)11-7)8-3-5(14)6(4-13)16-8;;/h1-2,5-6,8,13-14H,3-4H2,(H2,10,11,15);;/p-1/t5?,6-,8?;;/m1../s1. The second kappa shape index (κ2) is 8.67. The zero-order valence-electron chi connectivity index (χ0n) is 9.56. The molecule has 2 unspecified atom stereocenters. The number of nitrogens with zero attached hydrogens (tertiary/aromatic N) is 2. The fourth-order valence-electron chi connectivity index (χ4n) is 1.68. The monoisotopic (exact) mass is 680 g/mol. The van der Waals surface area contributed by atoms with Gasteiger partial charge in [0, 0.05) is 101 Å². The van der Waals surface area contributed by atoms with E-state index in [1.54, 1.807) is 0 Å². The van der Waals surface area contributed by atoms with E-state index in [2.05, 4.69) is 4.98 Å². The fourth-order valence-corrected chi connectivity index (χ4v) is 1.68. The summed E-state index contributed by atoms with van der Waals surface area (Å²) >= 11 is 0. The van der Waals surface area contributed by atoms with Gasteiger partial charge in [-0.2, -0.15) is 0 Å². The fraction of sp³-hybridized carbons (Fsp3) is 0.556. The van der Waals surface area contributed by atoms with E-state index in [9.17, 15) is 9.90 Å². The van der Waals surface area contributed by atoms with Crippen LogP contribution >= 0.6 is 0 Å². The van der Waals surface area contributed by atoms with Crippen molar-refractivity contribution in [2.24, 2.45) is 0 Å². The van der Waals surface area contributed by atoms with Crippen LogP contribution < -0.4 is 5.69 Å². The molecule has 1 saturated heterocycles. The zero-order valence-corrected chi connectivity index (χ0v) is 19.1. The molecule has 2 radical (unpaired) electrons. The molecule has 1 aromatic heterocycles. The molecule has 1 aliphatic heterocycles. The van der Waals surface area contributed by atoms with Gasteiger partial charge in [0.2, 0.25) is 5.69 Å². The first-order valence-electron chi connectivity index (χ1n) is 4.87. The van der Waals surface area contributed by atoms with E-state index in [0.29, 0.717) is 0 Å². The van der Waals surface area contributed by atoms with Gasteiger partial charge in [-0.05, 0) is 6.07 Å². The van der Waals surface area contributed by atoms with Crippen molar-refractivity contribution in [1.29, 1.82) is 0 Å². The van der Waals surface area contributed by atoms with Crippen LogP contribution in [0.3, 0.4) is 0 Å². The topological polar surface area (TPSA) is 108 Å². The smallest absolute Gasteiger partial charge is 0.248 e. The normalized spacial score (nSPS) is 26.2. The van der Waals surface area contributed by atoms with Gasteiger partial charge in [0.25, 0.3) is 0 Å². The molecule has 0 amide bonds. The summed E-state index contributed by atoms with van der Waals surface area (Å²) in [5.41, 5.74) is 6.57. The summed E-state index contributed by atoms with van der Waals surface area (Å²) in [5.74, 6) is -0.112. The molecule has 1 fully saturated rings. The van der Waals surface area contributed by atoms with Crippen LogP contribution in [-0.2, 0) is 4.74 Å². The van der Waals surface area contributed by atoms with E-state index < -0.39 is 24.1 Å². The Balaban J connectivity index is 0.00000144. The second-order valence-electron chi connectivity index (χ2n) is 3.62. The average molecular weight is 680 g/mol. The maximum atomic E-state index is 11.4. The largest absolute Gasteiger partial charge is 0.482 e. The number of aromatic nitrogens is 2. The first-order valence-corrected chi connectivity index (χ1v) is 4.87. The van der Waals surface area contributed by atoms with Crippen molar-refractivity contribution in [2.75, 3.05) is 6.61 Å². The SMILES string of the molecule is [Ac].[Ac].[NH-]c1ccn(C2CC(O)[C@@H](CO)O2)c(=O)n1. The van der Waals surface area contributed by atoms with Gasteiger partial charge in [-0.15, -0.1) is 0 Å². The van der Waals surface area contributed by atoms with Crippen LogP contribution in [0, 0.1) is 88.1 Å². The molecule has 0 saturated carbocycles. The molecular formula is C9H12Ac2N3O4-. The Morgan fingerprint density at radius 1 is 1.56 bits per heavy atom. The minimum absolute atomic E-state index is 0. The summed E-state index contributed by atoms with van der Waals surface area (Å²) in [4.78, 5) is 14.9. The third kappa shape index (κ3) is 4.48. The number of aliphatic hydroxyl groups is 2. The summed E-state index contributed by atoms with van der Waals surface area (Å²) in [6.07, 6.45) is -0.475. The zero-order chi connectivity index (χ0) is 11.7. The average Bonchev–Trinajstić information content (AvgIpc) is 2.59. The van der Waals surface area contributed by atoms with Crippen LogP contribution in [0.1, 0.15) is 12.6 Å². The first-order chi connectivity index (χ1) is 7.61. The van der Waals surface area contributed by atoms with Crippen molar-refractivity contribution >= 4 is 5.82 Å². The molecule has 3 atom stereocenters. The molecular weight excluding hydrogens is 668 g/mol. The van der Waals surface area contributed by atoms with Gasteiger partial charge in [-0.1, -0.05) is 5.82 Å². The van der Waals surface area contributed by atoms with Crippen molar-refractivity contribution in [3.63, 3.8) is 0 Å². The van der Waals surface area contributed by atoms with Gasteiger partial charge in [-0.25, -0.2) is 0 Å². The molecule has 0 aromatic carbocycles. The summed E-state index contributed by atoms with van der Waals surface area (Å²) < 4.78 is 6.50. The molecule has 2 heterocycles. The van der Waals surface area contributed by atoms with Crippen molar-refractivity contribution < 1.29 is 103 Å².